The van der Waals surface area contributed by atoms with Crippen LogP contribution >= 0.6 is 0 Å². The van der Waals surface area contributed by atoms with Gasteiger partial charge in [0, 0.05) is 6.54 Å². The summed E-state index contributed by atoms with van der Waals surface area (Å²) in [6.45, 7) is 0.0959. The maximum atomic E-state index is 12.9. The topological polar surface area (TPSA) is 26.0 Å². The Balaban J connectivity index is 3.30. The van der Waals surface area contributed by atoms with Crippen molar-refractivity contribution in [1.82, 2.24) is 0 Å². The summed E-state index contributed by atoms with van der Waals surface area (Å²) in [5.74, 6) is 0.448. The lowest BCUT2D eigenvalue weighted by Gasteiger charge is -2.00. The molecule has 0 aromatic heterocycles. The molecule has 1 aromatic carbocycles. The molecule has 1 rings (SSSR count). The number of halogens is 2. The van der Waals surface area contributed by atoms with Gasteiger partial charge >= 0.3 is 0 Å². The summed E-state index contributed by atoms with van der Waals surface area (Å²) in [6, 6.07) is 2.27. The first kappa shape index (κ1) is 8.69. The lowest BCUT2D eigenvalue weighted by molar-refractivity contribution is 0.574. The van der Waals surface area contributed by atoms with Crippen molar-refractivity contribution in [1.29, 1.82) is 0 Å². The second-order valence-corrected chi connectivity index (χ2v) is 2.28. The third kappa shape index (κ3) is 1.44. The average Bonchev–Trinajstić information content (AvgIpc) is 2.03. The Morgan fingerprint density at radius 3 is 2.17 bits per heavy atom. The molecule has 3 heteroatoms. The third-order valence-corrected chi connectivity index (χ3v) is 1.48. The van der Waals surface area contributed by atoms with Crippen LogP contribution in [-0.4, -0.2) is 0 Å². The highest BCUT2D eigenvalue weighted by Gasteiger charge is 2.07. The van der Waals surface area contributed by atoms with Crippen LogP contribution in [0.15, 0.2) is 12.1 Å². The van der Waals surface area contributed by atoms with Crippen molar-refractivity contribution in [2.45, 2.75) is 6.54 Å². The van der Waals surface area contributed by atoms with E-state index >= 15 is 0 Å². The fraction of sp³-hybridized carbons (Fsp3) is 0.111. The maximum Gasteiger partial charge on any atom is 0.142 e. The molecule has 12 heavy (non-hydrogen) atoms. The monoisotopic (exact) mass is 167 g/mol. The molecule has 0 aliphatic carbocycles. The molecule has 0 bridgehead atoms. The van der Waals surface area contributed by atoms with Gasteiger partial charge in [-0.05, 0) is 17.7 Å². The molecule has 1 aromatic rings. The largest absolute Gasteiger partial charge is 0.326 e. The number of benzene rings is 1. The first-order chi connectivity index (χ1) is 5.69. The Kier molecular flexibility index (Phi) is 2.41. The van der Waals surface area contributed by atoms with Crippen molar-refractivity contribution in [3.05, 3.63) is 34.9 Å². The molecule has 0 aliphatic rings. The van der Waals surface area contributed by atoms with Crippen LogP contribution in [-0.2, 0) is 6.54 Å². The van der Waals surface area contributed by atoms with E-state index in [1.165, 1.54) is 0 Å². The molecule has 0 amide bonds. The smallest absolute Gasteiger partial charge is 0.142 e. The van der Waals surface area contributed by atoms with E-state index in [0.29, 0.717) is 5.56 Å². The van der Waals surface area contributed by atoms with Gasteiger partial charge in [-0.3, -0.25) is 0 Å². The van der Waals surface area contributed by atoms with E-state index in [0.717, 1.165) is 12.1 Å². The van der Waals surface area contributed by atoms with Gasteiger partial charge in [0.25, 0.3) is 0 Å². The summed E-state index contributed by atoms with van der Waals surface area (Å²) in [4.78, 5) is 0. The van der Waals surface area contributed by atoms with Gasteiger partial charge in [0.05, 0.1) is 5.56 Å². The van der Waals surface area contributed by atoms with Gasteiger partial charge in [0.1, 0.15) is 11.6 Å². The molecule has 0 spiro atoms. The Hall–Kier alpha value is -1.40. The molecule has 0 aliphatic heterocycles. The van der Waals surface area contributed by atoms with Gasteiger partial charge in [0.2, 0.25) is 0 Å². The second-order valence-electron chi connectivity index (χ2n) is 2.28. The third-order valence-electron chi connectivity index (χ3n) is 1.48. The molecule has 0 heterocycles. The second kappa shape index (κ2) is 3.33. The van der Waals surface area contributed by atoms with Crippen LogP contribution in [0.1, 0.15) is 11.1 Å². The standard InChI is InChI=1S/C9H7F2N/c1-2-7-8(10)3-6(5-12)4-9(7)11/h1,3-4H,5,12H2. The van der Waals surface area contributed by atoms with Crippen molar-refractivity contribution in [2.75, 3.05) is 0 Å². The minimum atomic E-state index is -0.738. The fourth-order valence-electron chi connectivity index (χ4n) is 0.881. The zero-order valence-corrected chi connectivity index (χ0v) is 6.27. The van der Waals surface area contributed by atoms with E-state index in [4.69, 9.17) is 12.2 Å². The van der Waals surface area contributed by atoms with Gasteiger partial charge in [-0.25, -0.2) is 8.78 Å². The van der Waals surface area contributed by atoms with E-state index in [1.54, 1.807) is 0 Å². The SMILES string of the molecule is C#Cc1c(F)cc(CN)cc1F. The number of nitrogens with two attached hydrogens (primary N) is 1. The molecular formula is C9H7F2N. The van der Waals surface area contributed by atoms with Gasteiger partial charge in [0.15, 0.2) is 0 Å². The van der Waals surface area contributed by atoms with Crippen LogP contribution in [0.5, 0.6) is 0 Å². The summed E-state index contributed by atoms with van der Waals surface area (Å²) < 4.78 is 25.7. The summed E-state index contributed by atoms with van der Waals surface area (Å²) in [7, 11) is 0. The average molecular weight is 167 g/mol. The quantitative estimate of drug-likeness (QED) is 0.628. The normalized spacial score (nSPS) is 9.50. The summed E-state index contributed by atoms with van der Waals surface area (Å²) in [5, 5.41) is 0. The van der Waals surface area contributed by atoms with Crippen molar-refractivity contribution in [3.8, 4) is 12.3 Å². The Morgan fingerprint density at radius 2 is 1.83 bits per heavy atom. The van der Waals surface area contributed by atoms with Crippen LogP contribution < -0.4 is 5.73 Å². The van der Waals surface area contributed by atoms with Crippen LogP contribution in [0, 0.1) is 24.0 Å². The molecule has 0 atom stereocenters. The summed E-state index contributed by atoms with van der Waals surface area (Å²) in [5.41, 5.74) is 5.25. The van der Waals surface area contributed by atoms with E-state index in [-0.39, 0.29) is 12.1 Å². The Morgan fingerprint density at radius 1 is 1.33 bits per heavy atom. The van der Waals surface area contributed by atoms with E-state index in [1.807, 2.05) is 5.92 Å². The Bertz CT molecular complexity index is 316. The van der Waals surface area contributed by atoms with Crippen molar-refractivity contribution >= 4 is 0 Å². The molecule has 0 saturated heterocycles. The number of hydrogen-bond acceptors (Lipinski definition) is 1. The molecule has 0 fully saturated rings. The molecule has 0 unspecified atom stereocenters. The Labute approximate surface area is 69.2 Å². The van der Waals surface area contributed by atoms with Gasteiger partial charge < -0.3 is 5.73 Å². The van der Waals surface area contributed by atoms with Crippen molar-refractivity contribution in [3.63, 3.8) is 0 Å². The molecular weight excluding hydrogens is 160 g/mol. The van der Waals surface area contributed by atoms with Crippen LogP contribution in [0.2, 0.25) is 0 Å². The van der Waals surface area contributed by atoms with Crippen molar-refractivity contribution in [2.24, 2.45) is 5.73 Å². The minimum absolute atomic E-state index is 0.0959. The van der Waals surface area contributed by atoms with Gasteiger partial charge in [-0.15, -0.1) is 6.42 Å². The lowest BCUT2D eigenvalue weighted by Crippen LogP contribution is -2.00. The molecule has 1 nitrogen and oxygen atoms in total. The predicted molar refractivity (Wildman–Crippen MR) is 42.2 cm³/mol. The molecule has 0 radical (unpaired) electrons. The van der Waals surface area contributed by atoms with E-state index in [9.17, 15) is 8.78 Å². The zero-order valence-electron chi connectivity index (χ0n) is 6.27. The van der Waals surface area contributed by atoms with E-state index < -0.39 is 11.6 Å². The predicted octanol–water partition coefficient (Wildman–Crippen LogP) is 1.40. The lowest BCUT2D eigenvalue weighted by atomic mass is 10.1. The number of terminal acetylenes is 1. The van der Waals surface area contributed by atoms with Gasteiger partial charge in [-0.2, -0.15) is 0 Å². The van der Waals surface area contributed by atoms with Crippen molar-refractivity contribution < 1.29 is 8.78 Å². The molecule has 62 valence electrons. The maximum absolute atomic E-state index is 12.9. The van der Waals surface area contributed by atoms with Crippen LogP contribution in [0.25, 0.3) is 0 Å². The molecule has 0 saturated carbocycles. The first-order valence-corrected chi connectivity index (χ1v) is 3.33. The highest BCUT2D eigenvalue weighted by molar-refractivity contribution is 5.37. The highest BCUT2D eigenvalue weighted by atomic mass is 19.1. The summed E-state index contributed by atoms with van der Waals surface area (Å²) >= 11 is 0. The summed E-state index contributed by atoms with van der Waals surface area (Å²) in [6.07, 6.45) is 4.88. The number of hydrogen-bond donors (Lipinski definition) is 1. The van der Waals surface area contributed by atoms with E-state index in [2.05, 4.69) is 0 Å². The first-order valence-electron chi connectivity index (χ1n) is 3.33. The van der Waals surface area contributed by atoms with Crippen LogP contribution in [0.3, 0.4) is 0 Å². The number of rotatable bonds is 1. The highest BCUT2D eigenvalue weighted by Crippen LogP contribution is 2.13. The zero-order chi connectivity index (χ0) is 9.14. The molecule has 2 N–H and O–H groups in total. The fourth-order valence-corrected chi connectivity index (χ4v) is 0.881. The van der Waals surface area contributed by atoms with Gasteiger partial charge in [-0.1, -0.05) is 5.92 Å². The van der Waals surface area contributed by atoms with Crippen LogP contribution in [0.4, 0.5) is 8.78 Å². The minimum Gasteiger partial charge on any atom is -0.326 e.